The predicted molar refractivity (Wildman–Crippen MR) is 88.2 cm³/mol. The van der Waals surface area contributed by atoms with Crippen LogP contribution in [0.15, 0.2) is 53.0 Å². The van der Waals surface area contributed by atoms with E-state index in [0.717, 1.165) is 29.1 Å². The van der Waals surface area contributed by atoms with Gasteiger partial charge in [0.2, 0.25) is 0 Å². The number of hydrogen-bond donors (Lipinski definition) is 1. The van der Waals surface area contributed by atoms with Crippen molar-refractivity contribution in [3.05, 3.63) is 58.6 Å². The molecular weight excluding hydrogens is 314 g/mol. The summed E-state index contributed by atoms with van der Waals surface area (Å²) in [6, 6.07) is 16.4. The van der Waals surface area contributed by atoms with E-state index in [0.29, 0.717) is 5.92 Å². The normalized spacial score (nSPS) is 10.6. The van der Waals surface area contributed by atoms with E-state index in [2.05, 4.69) is 65.4 Å². The molecule has 1 N–H and O–H groups in total. The number of ether oxygens (including phenoxy) is 1. The lowest BCUT2D eigenvalue weighted by Gasteiger charge is -2.14. The molecule has 0 spiro atoms. The molecule has 0 heterocycles. The Hall–Kier alpha value is -1.48. The first-order chi connectivity index (χ1) is 9.65. The molecule has 0 amide bonds. The van der Waals surface area contributed by atoms with Crippen molar-refractivity contribution in [3.8, 4) is 5.75 Å². The average molecular weight is 334 g/mol. The standard InChI is InChI=1S/C17H20BrNO/c1-13(2)12-20-17-6-4-3-5-16(17)19-11-14-7-9-15(18)10-8-14/h3-10,13,19H,11-12H2,1-2H3. The van der Waals surface area contributed by atoms with Gasteiger partial charge in [-0.3, -0.25) is 0 Å². The molecule has 0 fully saturated rings. The van der Waals surface area contributed by atoms with Crippen LogP contribution >= 0.6 is 15.9 Å². The minimum atomic E-state index is 0.523. The van der Waals surface area contributed by atoms with Gasteiger partial charge in [0.05, 0.1) is 12.3 Å². The van der Waals surface area contributed by atoms with E-state index < -0.39 is 0 Å². The van der Waals surface area contributed by atoms with Crippen molar-refractivity contribution in [3.63, 3.8) is 0 Å². The molecule has 2 aromatic carbocycles. The number of halogens is 1. The molecule has 0 aromatic heterocycles. The first kappa shape index (κ1) is 14.9. The summed E-state index contributed by atoms with van der Waals surface area (Å²) in [6.07, 6.45) is 0. The van der Waals surface area contributed by atoms with E-state index in [4.69, 9.17) is 4.74 Å². The monoisotopic (exact) mass is 333 g/mol. The van der Waals surface area contributed by atoms with Gasteiger partial charge in [-0.15, -0.1) is 0 Å². The molecule has 106 valence electrons. The Balaban J connectivity index is 1.99. The zero-order valence-corrected chi connectivity index (χ0v) is 13.5. The third-order valence-corrected chi connectivity index (χ3v) is 3.38. The maximum absolute atomic E-state index is 5.84. The number of rotatable bonds is 6. The summed E-state index contributed by atoms with van der Waals surface area (Å²) in [7, 11) is 0. The van der Waals surface area contributed by atoms with Crippen LogP contribution in [0.4, 0.5) is 5.69 Å². The molecule has 0 bridgehead atoms. The van der Waals surface area contributed by atoms with Gasteiger partial charge in [-0.2, -0.15) is 0 Å². The molecule has 0 saturated heterocycles. The second-order valence-corrected chi connectivity index (χ2v) is 6.10. The van der Waals surface area contributed by atoms with Gasteiger partial charge in [-0.05, 0) is 35.7 Å². The lowest BCUT2D eigenvalue weighted by molar-refractivity contribution is 0.272. The quantitative estimate of drug-likeness (QED) is 0.794. The summed E-state index contributed by atoms with van der Waals surface area (Å²) in [4.78, 5) is 0. The second kappa shape index (κ2) is 7.34. The van der Waals surface area contributed by atoms with Crippen LogP contribution < -0.4 is 10.1 Å². The van der Waals surface area contributed by atoms with Crippen LogP contribution in [0.5, 0.6) is 5.75 Å². The first-order valence-electron chi connectivity index (χ1n) is 6.85. The Bertz CT molecular complexity index is 537. The fourth-order valence-corrected chi connectivity index (χ4v) is 2.06. The zero-order chi connectivity index (χ0) is 14.4. The summed E-state index contributed by atoms with van der Waals surface area (Å²) in [5.74, 6) is 1.44. The molecule has 0 atom stereocenters. The minimum Gasteiger partial charge on any atom is -0.491 e. The van der Waals surface area contributed by atoms with Crippen molar-refractivity contribution in [2.24, 2.45) is 5.92 Å². The van der Waals surface area contributed by atoms with Crippen LogP contribution in [0.2, 0.25) is 0 Å². The summed E-state index contributed by atoms with van der Waals surface area (Å²) in [5.41, 5.74) is 2.28. The number of nitrogens with one attached hydrogen (secondary N) is 1. The number of hydrogen-bond acceptors (Lipinski definition) is 2. The summed E-state index contributed by atoms with van der Waals surface area (Å²) in [6.45, 7) is 5.82. The Morgan fingerprint density at radius 3 is 2.45 bits per heavy atom. The highest BCUT2D eigenvalue weighted by Crippen LogP contribution is 2.25. The molecule has 2 aromatic rings. The Labute approximate surface area is 129 Å². The summed E-state index contributed by atoms with van der Waals surface area (Å²) < 4.78 is 6.94. The van der Waals surface area contributed by atoms with E-state index in [-0.39, 0.29) is 0 Å². The van der Waals surface area contributed by atoms with E-state index in [1.54, 1.807) is 0 Å². The maximum atomic E-state index is 5.84. The maximum Gasteiger partial charge on any atom is 0.142 e. The van der Waals surface area contributed by atoms with Crippen LogP contribution in [0.25, 0.3) is 0 Å². The fourth-order valence-electron chi connectivity index (χ4n) is 1.79. The molecule has 2 nitrogen and oxygen atoms in total. The molecule has 0 aliphatic carbocycles. The third kappa shape index (κ3) is 4.57. The van der Waals surface area contributed by atoms with E-state index >= 15 is 0 Å². The van der Waals surface area contributed by atoms with Crippen molar-refractivity contribution in [1.82, 2.24) is 0 Å². The molecule has 0 unspecified atom stereocenters. The van der Waals surface area contributed by atoms with E-state index in [1.807, 2.05) is 18.2 Å². The zero-order valence-electron chi connectivity index (χ0n) is 11.9. The first-order valence-corrected chi connectivity index (χ1v) is 7.64. The second-order valence-electron chi connectivity index (χ2n) is 5.18. The van der Waals surface area contributed by atoms with Crippen LogP contribution in [-0.4, -0.2) is 6.61 Å². The highest BCUT2D eigenvalue weighted by molar-refractivity contribution is 9.10. The SMILES string of the molecule is CC(C)COc1ccccc1NCc1ccc(Br)cc1. The van der Waals surface area contributed by atoms with Crippen LogP contribution in [0.3, 0.4) is 0 Å². The molecule has 0 aliphatic heterocycles. The Morgan fingerprint density at radius 1 is 1.05 bits per heavy atom. The lowest BCUT2D eigenvalue weighted by atomic mass is 10.2. The van der Waals surface area contributed by atoms with Gasteiger partial charge in [-0.1, -0.05) is 54.0 Å². The van der Waals surface area contributed by atoms with Crippen molar-refractivity contribution < 1.29 is 4.74 Å². The summed E-state index contributed by atoms with van der Waals surface area (Å²) in [5, 5.41) is 3.43. The van der Waals surface area contributed by atoms with Gasteiger partial charge in [0.15, 0.2) is 0 Å². The fraction of sp³-hybridized carbons (Fsp3) is 0.294. The lowest BCUT2D eigenvalue weighted by Crippen LogP contribution is -2.07. The van der Waals surface area contributed by atoms with Crippen molar-refractivity contribution in [2.45, 2.75) is 20.4 Å². The Morgan fingerprint density at radius 2 is 1.75 bits per heavy atom. The third-order valence-electron chi connectivity index (χ3n) is 2.86. The van der Waals surface area contributed by atoms with Gasteiger partial charge in [0.25, 0.3) is 0 Å². The minimum absolute atomic E-state index is 0.523. The molecule has 20 heavy (non-hydrogen) atoms. The molecule has 0 aliphatic rings. The van der Waals surface area contributed by atoms with Crippen LogP contribution in [0, 0.1) is 5.92 Å². The van der Waals surface area contributed by atoms with Gasteiger partial charge in [0.1, 0.15) is 5.75 Å². The number of para-hydroxylation sites is 2. The molecule has 2 rings (SSSR count). The van der Waals surface area contributed by atoms with Crippen molar-refractivity contribution >= 4 is 21.6 Å². The number of anilines is 1. The average Bonchev–Trinajstić information content (AvgIpc) is 2.45. The topological polar surface area (TPSA) is 21.3 Å². The van der Waals surface area contributed by atoms with Crippen LogP contribution in [0.1, 0.15) is 19.4 Å². The highest BCUT2D eigenvalue weighted by Gasteiger charge is 2.04. The van der Waals surface area contributed by atoms with Gasteiger partial charge in [0, 0.05) is 11.0 Å². The predicted octanol–water partition coefficient (Wildman–Crippen LogP) is 5.10. The van der Waals surface area contributed by atoms with Gasteiger partial charge >= 0.3 is 0 Å². The molecule has 0 radical (unpaired) electrons. The molecule has 0 saturated carbocycles. The van der Waals surface area contributed by atoms with Gasteiger partial charge in [-0.25, -0.2) is 0 Å². The van der Waals surface area contributed by atoms with Crippen LogP contribution in [-0.2, 0) is 6.54 Å². The smallest absolute Gasteiger partial charge is 0.142 e. The molecule has 3 heteroatoms. The largest absolute Gasteiger partial charge is 0.491 e. The Kier molecular flexibility index (Phi) is 5.48. The molecular formula is C17H20BrNO. The summed E-state index contributed by atoms with van der Waals surface area (Å²) >= 11 is 3.45. The van der Waals surface area contributed by atoms with E-state index in [1.165, 1.54) is 5.56 Å². The highest BCUT2D eigenvalue weighted by atomic mass is 79.9. The van der Waals surface area contributed by atoms with Crippen molar-refractivity contribution in [1.29, 1.82) is 0 Å². The van der Waals surface area contributed by atoms with Crippen molar-refractivity contribution in [2.75, 3.05) is 11.9 Å². The number of benzene rings is 2. The van der Waals surface area contributed by atoms with E-state index in [9.17, 15) is 0 Å². The van der Waals surface area contributed by atoms with Gasteiger partial charge < -0.3 is 10.1 Å².